The van der Waals surface area contributed by atoms with Gasteiger partial charge in [0.05, 0.1) is 11.8 Å². The van der Waals surface area contributed by atoms with Gasteiger partial charge in [-0.15, -0.1) is 0 Å². The molecule has 1 atom stereocenters. The van der Waals surface area contributed by atoms with E-state index in [9.17, 15) is 9.90 Å². The number of amides is 2. The molecule has 2 amide bonds. The normalized spacial score (nSPS) is 12.5. The molecule has 0 aliphatic carbocycles. The van der Waals surface area contributed by atoms with Crippen molar-refractivity contribution >= 4 is 6.03 Å². The van der Waals surface area contributed by atoms with E-state index < -0.39 is 0 Å². The van der Waals surface area contributed by atoms with Gasteiger partial charge in [0, 0.05) is 25.8 Å². The number of carbonyl (C=O) groups is 1. The van der Waals surface area contributed by atoms with Crippen LogP contribution in [0, 0.1) is 19.8 Å². The van der Waals surface area contributed by atoms with E-state index in [-0.39, 0.29) is 18.1 Å². The maximum absolute atomic E-state index is 11.6. The second-order valence-electron chi connectivity index (χ2n) is 6.16. The molecular formula is C16H30N4O2. The molecule has 3 N–H and O–H groups in total. The quantitative estimate of drug-likeness (QED) is 0.639. The molecule has 0 radical (unpaired) electrons. The van der Waals surface area contributed by atoms with Gasteiger partial charge in [0.1, 0.15) is 0 Å². The molecule has 1 heterocycles. The Labute approximate surface area is 133 Å². The summed E-state index contributed by atoms with van der Waals surface area (Å²) >= 11 is 0. The van der Waals surface area contributed by atoms with E-state index >= 15 is 0 Å². The number of aliphatic hydroxyl groups is 1. The minimum atomic E-state index is -0.364. The van der Waals surface area contributed by atoms with E-state index in [1.54, 1.807) is 0 Å². The Kier molecular flexibility index (Phi) is 7.38. The highest BCUT2D eigenvalue weighted by molar-refractivity contribution is 5.73. The van der Waals surface area contributed by atoms with Gasteiger partial charge in [-0.3, -0.25) is 4.68 Å². The van der Waals surface area contributed by atoms with Gasteiger partial charge < -0.3 is 15.7 Å². The first kappa shape index (κ1) is 18.5. The molecule has 126 valence electrons. The lowest BCUT2D eigenvalue weighted by atomic mass is 10.0. The average Bonchev–Trinajstić information content (AvgIpc) is 2.69. The summed E-state index contributed by atoms with van der Waals surface area (Å²) in [5, 5.41) is 19.7. The maximum Gasteiger partial charge on any atom is 0.314 e. The Morgan fingerprint density at radius 2 is 1.91 bits per heavy atom. The highest BCUT2D eigenvalue weighted by Crippen LogP contribution is 2.13. The second-order valence-corrected chi connectivity index (χ2v) is 6.16. The number of nitrogens with one attached hydrogen (secondary N) is 2. The van der Waals surface area contributed by atoms with Crippen LogP contribution in [0.25, 0.3) is 0 Å². The molecule has 0 bridgehead atoms. The van der Waals surface area contributed by atoms with Crippen molar-refractivity contribution in [3.8, 4) is 0 Å². The number of aromatic nitrogens is 2. The average molecular weight is 310 g/mol. The van der Waals surface area contributed by atoms with Crippen molar-refractivity contribution in [2.24, 2.45) is 13.0 Å². The predicted molar refractivity (Wildman–Crippen MR) is 87.9 cm³/mol. The Morgan fingerprint density at radius 1 is 1.27 bits per heavy atom. The van der Waals surface area contributed by atoms with Crippen molar-refractivity contribution in [2.75, 3.05) is 13.1 Å². The monoisotopic (exact) mass is 310 g/mol. The Bertz CT molecular complexity index is 483. The van der Waals surface area contributed by atoms with E-state index in [0.29, 0.717) is 19.5 Å². The second kappa shape index (κ2) is 8.78. The fourth-order valence-electron chi connectivity index (χ4n) is 2.38. The summed E-state index contributed by atoms with van der Waals surface area (Å²) in [4.78, 5) is 11.6. The number of rotatable bonds is 8. The smallest absolute Gasteiger partial charge is 0.314 e. The Hall–Kier alpha value is -1.56. The summed E-state index contributed by atoms with van der Waals surface area (Å²) in [7, 11) is 1.95. The van der Waals surface area contributed by atoms with Gasteiger partial charge >= 0.3 is 6.03 Å². The molecule has 6 heteroatoms. The largest absolute Gasteiger partial charge is 0.393 e. The van der Waals surface area contributed by atoms with E-state index in [1.807, 2.05) is 32.5 Å². The van der Waals surface area contributed by atoms with E-state index in [4.69, 9.17) is 0 Å². The molecule has 0 aliphatic rings. The van der Waals surface area contributed by atoms with Gasteiger partial charge in [-0.05, 0) is 44.6 Å². The van der Waals surface area contributed by atoms with Crippen LogP contribution < -0.4 is 10.6 Å². The number of carbonyl (C=O) groups excluding carboxylic acids is 1. The lowest BCUT2D eigenvalue weighted by Gasteiger charge is -2.14. The van der Waals surface area contributed by atoms with Crippen LogP contribution in [0.3, 0.4) is 0 Å². The SMILES string of the molecule is Cc1nn(C)c(C)c1CCCNC(=O)NCCC(O)C(C)C. The summed E-state index contributed by atoms with van der Waals surface area (Å²) in [5.74, 6) is 0.218. The maximum atomic E-state index is 11.6. The number of urea groups is 1. The van der Waals surface area contributed by atoms with Crippen molar-refractivity contribution in [1.29, 1.82) is 0 Å². The van der Waals surface area contributed by atoms with Crippen molar-refractivity contribution in [3.05, 3.63) is 17.0 Å². The molecule has 0 aromatic carbocycles. The summed E-state index contributed by atoms with van der Waals surface area (Å²) in [5.41, 5.74) is 3.52. The third-order valence-corrected chi connectivity index (χ3v) is 4.04. The van der Waals surface area contributed by atoms with Crippen LogP contribution in [-0.2, 0) is 13.5 Å². The zero-order valence-electron chi connectivity index (χ0n) is 14.4. The van der Waals surface area contributed by atoms with Gasteiger partial charge in [-0.25, -0.2) is 4.79 Å². The topological polar surface area (TPSA) is 79.2 Å². The summed E-state index contributed by atoms with van der Waals surface area (Å²) in [6, 6.07) is -0.171. The molecule has 1 rings (SSSR count). The first-order chi connectivity index (χ1) is 10.3. The molecule has 0 saturated carbocycles. The van der Waals surface area contributed by atoms with Crippen LogP contribution in [0.2, 0.25) is 0 Å². The zero-order valence-corrected chi connectivity index (χ0v) is 14.4. The molecule has 0 aliphatic heterocycles. The molecule has 6 nitrogen and oxygen atoms in total. The van der Waals surface area contributed by atoms with Crippen LogP contribution in [-0.4, -0.2) is 40.1 Å². The third-order valence-electron chi connectivity index (χ3n) is 4.04. The van der Waals surface area contributed by atoms with Gasteiger partial charge in [0.15, 0.2) is 0 Å². The molecular weight excluding hydrogens is 280 g/mol. The summed E-state index contributed by atoms with van der Waals surface area (Å²) < 4.78 is 1.89. The fraction of sp³-hybridized carbons (Fsp3) is 0.750. The van der Waals surface area contributed by atoms with Gasteiger partial charge in [0.2, 0.25) is 0 Å². The van der Waals surface area contributed by atoms with E-state index in [1.165, 1.54) is 11.3 Å². The van der Waals surface area contributed by atoms with Crippen molar-refractivity contribution in [3.63, 3.8) is 0 Å². The molecule has 0 spiro atoms. The number of aliphatic hydroxyl groups excluding tert-OH is 1. The lowest BCUT2D eigenvalue weighted by Crippen LogP contribution is -2.38. The lowest BCUT2D eigenvalue weighted by molar-refractivity contribution is 0.116. The van der Waals surface area contributed by atoms with Crippen molar-refractivity contribution < 1.29 is 9.90 Å². The standard InChI is InChI=1S/C16H30N4O2/c1-11(2)15(21)8-10-18-16(22)17-9-6-7-14-12(3)19-20(5)13(14)4/h11,15,21H,6-10H2,1-5H3,(H2,17,18,22). The molecule has 0 fully saturated rings. The summed E-state index contributed by atoms with van der Waals surface area (Å²) in [6.07, 6.45) is 2.02. The number of aryl methyl sites for hydroxylation is 2. The van der Waals surface area contributed by atoms with Gasteiger partial charge in [-0.1, -0.05) is 13.8 Å². The molecule has 1 aromatic rings. The third kappa shape index (κ3) is 5.67. The van der Waals surface area contributed by atoms with Gasteiger partial charge in [0.25, 0.3) is 0 Å². The highest BCUT2D eigenvalue weighted by Gasteiger charge is 2.10. The number of hydrogen-bond acceptors (Lipinski definition) is 3. The van der Waals surface area contributed by atoms with Crippen LogP contribution in [0.1, 0.15) is 43.6 Å². The summed E-state index contributed by atoms with van der Waals surface area (Å²) in [6.45, 7) is 9.14. The molecule has 1 aromatic heterocycles. The first-order valence-electron chi connectivity index (χ1n) is 8.01. The van der Waals surface area contributed by atoms with Crippen molar-refractivity contribution in [1.82, 2.24) is 20.4 Å². The van der Waals surface area contributed by atoms with Crippen molar-refractivity contribution in [2.45, 2.75) is 53.1 Å². The van der Waals surface area contributed by atoms with Crippen LogP contribution >= 0.6 is 0 Å². The highest BCUT2D eigenvalue weighted by atomic mass is 16.3. The van der Waals surface area contributed by atoms with E-state index in [2.05, 4.69) is 22.7 Å². The fourth-order valence-corrected chi connectivity index (χ4v) is 2.38. The van der Waals surface area contributed by atoms with Gasteiger partial charge in [-0.2, -0.15) is 5.10 Å². The van der Waals surface area contributed by atoms with Crippen LogP contribution in [0.4, 0.5) is 4.79 Å². The number of nitrogens with zero attached hydrogens (tertiary/aromatic N) is 2. The van der Waals surface area contributed by atoms with Crippen LogP contribution in [0.15, 0.2) is 0 Å². The Balaban J connectivity index is 2.18. The first-order valence-corrected chi connectivity index (χ1v) is 8.01. The number of hydrogen-bond donors (Lipinski definition) is 3. The zero-order chi connectivity index (χ0) is 16.7. The minimum absolute atomic E-state index is 0.171. The minimum Gasteiger partial charge on any atom is -0.393 e. The molecule has 22 heavy (non-hydrogen) atoms. The predicted octanol–water partition coefficient (Wildman–Crippen LogP) is 1.68. The molecule has 0 saturated heterocycles. The molecule has 1 unspecified atom stereocenters. The van der Waals surface area contributed by atoms with E-state index in [0.717, 1.165) is 18.5 Å². The Morgan fingerprint density at radius 3 is 2.45 bits per heavy atom. The van der Waals surface area contributed by atoms with Crippen LogP contribution in [0.5, 0.6) is 0 Å².